The van der Waals surface area contributed by atoms with Crippen LogP contribution in [-0.4, -0.2) is 21.8 Å². The van der Waals surface area contributed by atoms with Crippen molar-refractivity contribution in [1.29, 1.82) is 0 Å². The fourth-order valence-electron chi connectivity index (χ4n) is 1.95. The van der Waals surface area contributed by atoms with E-state index in [-0.39, 0.29) is 11.4 Å². The standard InChI is InChI=1S/C16H18N4O2/c1-16(2,3)11-7-4-5-8-12(11)19-13(21)14(22)20-15-17-9-6-10-18-15/h4-10H,1-3H3,(H,19,21)(H,17,18,20,22). The van der Waals surface area contributed by atoms with Gasteiger partial charge in [-0.1, -0.05) is 39.0 Å². The van der Waals surface area contributed by atoms with Crippen molar-refractivity contribution in [1.82, 2.24) is 9.97 Å². The average Bonchev–Trinajstić information content (AvgIpc) is 2.47. The zero-order valence-electron chi connectivity index (χ0n) is 12.8. The van der Waals surface area contributed by atoms with Gasteiger partial charge in [-0.2, -0.15) is 0 Å². The summed E-state index contributed by atoms with van der Waals surface area (Å²) in [6.07, 6.45) is 2.96. The minimum absolute atomic E-state index is 0.0896. The number of para-hydroxylation sites is 1. The topological polar surface area (TPSA) is 84.0 Å². The molecule has 2 rings (SSSR count). The van der Waals surface area contributed by atoms with E-state index in [0.717, 1.165) is 5.56 Å². The molecule has 1 aromatic carbocycles. The van der Waals surface area contributed by atoms with Crippen LogP contribution in [0.4, 0.5) is 11.6 Å². The number of carbonyl (C=O) groups excluding carboxylic acids is 2. The summed E-state index contributed by atoms with van der Waals surface area (Å²) in [6.45, 7) is 6.11. The first-order valence-corrected chi connectivity index (χ1v) is 6.87. The Morgan fingerprint density at radius 1 is 0.909 bits per heavy atom. The van der Waals surface area contributed by atoms with Crippen LogP contribution in [-0.2, 0) is 15.0 Å². The Morgan fingerprint density at radius 2 is 1.50 bits per heavy atom. The third-order valence-electron chi connectivity index (χ3n) is 2.98. The summed E-state index contributed by atoms with van der Waals surface area (Å²) in [5.41, 5.74) is 1.42. The van der Waals surface area contributed by atoms with E-state index in [9.17, 15) is 9.59 Å². The van der Waals surface area contributed by atoms with E-state index < -0.39 is 11.8 Å². The summed E-state index contributed by atoms with van der Waals surface area (Å²) in [6, 6.07) is 9.02. The molecule has 114 valence electrons. The Bertz CT molecular complexity index is 678. The minimum Gasteiger partial charge on any atom is -0.317 e. The van der Waals surface area contributed by atoms with Crippen molar-refractivity contribution in [3.05, 3.63) is 48.3 Å². The van der Waals surface area contributed by atoms with Gasteiger partial charge in [-0.15, -0.1) is 0 Å². The van der Waals surface area contributed by atoms with Gasteiger partial charge in [-0.05, 0) is 23.1 Å². The molecule has 0 aliphatic heterocycles. The molecule has 0 atom stereocenters. The molecule has 0 aliphatic rings. The number of nitrogens with one attached hydrogen (secondary N) is 2. The van der Waals surface area contributed by atoms with Gasteiger partial charge < -0.3 is 5.32 Å². The van der Waals surface area contributed by atoms with Crippen LogP contribution in [0, 0.1) is 0 Å². The zero-order chi connectivity index (χ0) is 16.2. The molecule has 0 radical (unpaired) electrons. The number of hydrogen-bond donors (Lipinski definition) is 2. The summed E-state index contributed by atoms with van der Waals surface area (Å²) >= 11 is 0. The molecule has 2 amide bonds. The number of carbonyl (C=O) groups is 2. The van der Waals surface area contributed by atoms with Crippen LogP contribution in [0.15, 0.2) is 42.7 Å². The third kappa shape index (κ3) is 3.88. The van der Waals surface area contributed by atoms with Crippen molar-refractivity contribution in [2.45, 2.75) is 26.2 Å². The van der Waals surface area contributed by atoms with Crippen molar-refractivity contribution >= 4 is 23.5 Å². The summed E-state index contributed by atoms with van der Waals surface area (Å²) in [5.74, 6) is -1.48. The van der Waals surface area contributed by atoms with Crippen molar-refractivity contribution in [2.75, 3.05) is 10.6 Å². The number of hydrogen-bond acceptors (Lipinski definition) is 4. The second-order valence-corrected chi connectivity index (χ2v) is 5.78. The minimum atomic E-state index is -0.810. The van der Waals surface area contributed by atoms with Gasteiger partial charge in [0.15, 0.2) is 0 Å². The number of amides is 2. The van der Waals surface area contributed by atoms with Crippen LogP contribution in [0.25, 0.3) is 0 Å². The number of aromatic nitrogens is 2. The smallest absolute Gasteiger partial charge is 0.316 e. The van der Waals surface area contributed by atoms with Crippen molar-refractivity contribution in [3.8, 4) is 0 Å². The van der Waals surface area contributed by atoms with Crippen LogP contribution in [0.1, 0.15) is 26.3 Å². The maximum atomic E-state index is 12.0. The van der Waals surface area contributed by atoms with Gasteiger partial charge in [-0.3, -0.25) is 14.9 Å². The molecule has 0 saturated carbocycles. The quantitative estimate of drug-likeness (QED) is 0.834. The van der Waals surface area contributed by atoms with Crippen LogP contribution in [0.5, 0.6) is 0 Å². The first-order chi connectivity index (χ1) is 10.4. The van der Waals surface area contributed by atoms with Gasteiger partial charge in [-0.25, -0.2) is 9.97 Å². The summed E-state index contributed by atoms with van der Waals surface area (Å²) in [7, 11) is 0. The Kier molecular flexibility index (Phi) is 4.50. The molecular formula is C16H18N4O2. The summed E-state index contributed by atoms with van der Waals surface area (Å²) < 4.78 is 0. The van der Waals surface area contributed by atoms with Gasteiger partial charge in [0.05, 0.1) is 0 Å². The molecule has 1 heterocycles. The van der Waals surface area contributed by atoms with Gasteiger partial charge in [0.1, 0.15) is 0 Å². The number of anilines is 2. The summed E-state index contributed by atoms with van der Waals surface area (Å²) in [4.78, 5) is 31.6. The second-order valence-electron chi connectivity index (χ2n) is 5.78. The SMILES string of the molecule is CC(C)(C)c1ccccc1NC(=O)C(=O)Nc1ncccn1. The number of rotatable bonds is 2. The molecule has 1 aromatic heterocycles. The zero-order valence-corrected chi connectivity index (χ0v) is 12.8. The number of nitrogens with zero attached hydrogens (tertiary/aromatic N) is 2. The highest BCUT2D eigenvalue weighted by molar-refractivity contribution is 6.43. The summed E-state index contributed by atoms with van der Waals surface area (Å²) in [5, 5.41) is 4.98. The van der Waals surface area contributed by atoms with Crippen molar-refractivity contribution in [2.24, 2.45) is 0 Å². The van der Waals surface area contributed by atoms with E-state index in [1.165, 1.54) is 12.4 Å². The van der Waals surface area contributed by atoms with Crippen LogP contribution in [0.2, 0.25) is 0 Å². The molecule has 0 unspecified atom stereocenters. The Hall–Kier alpha value is -2.76. The molecule has 6 nitrogen and oxygen atoms in total. The molecule has 0 saturated heterocycles. The van der Waals surface area contributed by atoms with Crippen LogP contribution >= 0.6 is 0 Å². The predicted molar refractivity (Wildman–Crippen MR) is 84.4 cm³/mol. The molecular weight excluding hydrogens is 280 g/mol. The van der Waals surface area contributed by atoms with Gasteiger partial charge in [0, 0.05) is 18.1 Å². The van der Waals surface area contributed by atoms with Crippen LogP contribution in [0.3, 0.4) is 0 Å². The molecule has 0 spiro atoms. The Morgan fingerprint density at radius 3 is 2.14 bits per heavy atom. The average molecular weight is 298 g/mol. The normalized spacial score (nSPS) is 10.9. The first-order valence-electron chi connectivity index (χ1n) is 6.87. The van der Waals surface area contributed by atoms with E-state index in [1.807, 2.05) is 39.0 Å². The lowest BCUT2D eigenvalue weighted by molar-refractivity contribution is -0.133. The molecule has 22 heavy (non-hydrogen) atoms. The molecule has 2 N–H and O–H groups in total. The van der Waals surface area contributed by atoms with Crippen molar-refractivity contribution < 1.29 is 9.59 Å². The highest BCUT2D eigenvalue weighted by Gasteiger charge is 2.21. The van der Waals surface area contributed by atoms with E-state index in [1.54, 1.807) is 12.1 Å². The number of benzene rings is 1. The van der Waals surface area contributed by atoms with E-state index >= 15 is 0 Å². The van der Waals surface area contributed by atoms with Gasteiger partial charge in [0.25, 0.3) is 0 Å². The maximum Gasteiger partial charge on any atom is 0.316 e. The third-order valence-corrected chi connectivity index (χ3v) is 2.98. The van der Waals surface area contributed by atoms with Gasteiger partial charge >= 0.3 is 11.8 Å². The van der Waals surface area contributed by atoms with E-state index in [4.69, 9.17) is 0 Å². The molecule has 6 heteroatoms. The molecule has 2 aromatic rings. The monoisotopic (exact) mass is 298 g/mol. The van der Waals surface area contributed by atoms with Gasteiger partial charge in [0.2, 0.25) is 5.95 Å². The van der Waals surface area contributed by atoms with Crippen LogP contribution < -0.4 is 10.6 Å². The second kappa shape index (κ2) is 6.34. The Labute approximate surface area is 129 Å². The Balaban J connectivity index is 2.11. The predicted octanol–water partition coefficient (Wildman–Crippen LogP) is 2.35. The lowest BCUT2D eigenvalue weighted by Crippen LogP contribution is -2.30. The fraction of sp³-hybridized carbons (Fsp3) is 0.250. The van der Waals surface area contributed by atoms with Crippen molar-refractivity contribution in [3.63, 3.8) is 0 Å². The largest absolute Gasteiger partial charge is 0.317 e. The van der Waals surface area contributed by atoms with E-state index in [2.05, 4.69) is 20.6 Å². The first kappa shape index (κ1) is 15.6. The maximum absolute atomic E-state index is 12.0. The molecule has 0 fully saturated rings. The highest BCUT2D eigenvalue weighted by atomic mass is 16.2. The van der Waals surface area contributed by atoms with E-state index in [0.29, 0.717) is 5.69 Å². The molecule has 0 aliphatic carbocycles. The highest BCUT2D eigenvalue weighted by Crippen LogP contribution is 2.29. The lowest BCUT2D eigenvalue weighted by Gasteiger charge is -2.22. The fourth-order valence-corrected chi connectivity index (χ4v) is 1.95. The molecule has 0 bridgehead atoms. The lowest BCUT2D eigenvalue weighted by atomic mass is 9.86.